The molecular formula is C16H24N2O3S. The van der Waals surface area contributed by atoms with Gasteiger partial charge in [0.05, 0.1) is 5.75 Å². The van der Waals surface area contributed by atoms with Gasteiger partial charge in [-0.3, -0.25) is 4.79 Å². The van der Waals surface area contributed by atoms with Gasteiger partial charge in [-0.15, -0.1) is 0 Å². The van der Waals surface area contributed by atoms with Crippen molar-refractivity contribution < 1.29 is 13.2 Å². The second kappa shape index (κ2) is 7.74. The van der Waals surface area contributed by atoms with E-state index in [0.717, 1.165) is 19.3 Å². The Bertz CT molecular complexity index is 587. The molecule has 0 spiro atoms. The standard InChI is InChI=1S/C16H24N2O3S/c1-2-3-12-22(20,21)17-15-10-7-11-18(13-15)16(19)14-8-5-4-6-9-14/h4-6,8-9,15,17H,2-3,7,10-13H2,1H3/t15-/m0/s1. The second-order valence-corrected chi connectivity index (χ2v) is 7.62. The second-order valence-electron chi connectivity index (χ2n) is 5.75. The van der Waals surface area contributed by atoms with Gasteiger partial charge in [-0.2, -0.15) is 0 Å². The van der Waals surface area contributed by atoms with Gasteiger partial charge < -0.3 is 4.90 Å². The number of likely N-dealkylation sites (tertiary alicyclic amines) is 1. The first kappa shape index (κ1) is 17.0. The van der Waals surface area contributed by atoms with Gasteiger partial charge >= 0.3 is 0 Å². The fraction of sp³-hybridized carbons (Fsp3) is 0.562. The SMILES string of the molecule is CCCCS(=O)(=O)N[C@H]1CCCN(C(=O)c2ccccc2)C1. The first-order valence-electron chi connectivity index (χ1n) is 7.86. The number of rotatable bonds is 6. The van der Waals surface area contributed by atoms with Gasteiger partial charge in [0.15, 0.2) is 0 Å². The van der Waals surface area contributed by atoms with E-state index in [2.05, 4.69) is 4.72 Å². The molecule has 0 aliphatic carbocycles. The fourth-order valence-corrected chi connectivity index (χ4v) is 4.16. The van der Waals surface area contributed by atoms with Crippen molar-refractivity contribution in [3.05, 3.63) is 35.9 Å². The van der Waals surface area contributed by atoms with Crippen LogP contribution in [0, 0.1) is 0 Å². The molecule has 22 heavy (non-hydrogen) atoms. The lowest BCUT2D eigenvalue weighted by molar-refractivity contribution is 0.0703. The molecule has 0 bridgehead atoms. The highest BCUT2D eigenvalue weighted by Gasteiger charge is 2.27. The van der Waals surface area contributed by atoms with Gasteiger partial charge in [0.25, 0.3) is 5.91 Å². The van der Waals surface area contributed by atoms with Gasteiger partial charge in [0.1, 0.15) is 0 Å². The average Bonchev–Trinajstić information content (AvgIpc) is 2.53. The highest BCUT2D eigenvalue weighted by atomic mass is 32.2. The van der Waals surface area contributed by atoms with E-state index in [0.29, 0.717) is 25.1 Å². The minimum Gasteiger partial charge on any atom is -0.337 e. The van der Waals surface area contributed by atoms with Gasteiger partial charge in [-0.25, -0.2) is 13.1 Å². The number of carbonyl (C=O) groups is 1. The fourth-order valence-electron chi connectivity index (χ4n) is 2.67. The Hall–Kier alpha value is -1.40. The molecule has 1 N–H and O–H groups in total. The molecule has 1 saturated heterocycles. The van der Waals surface area contributed by atoms with Crippen LogP contribution in [0.1, 0.15) is 43.0 Å². The maximum atomic E-state index is 12.4. The summed E-state index contributed by atoms with van der Waals surface area (Å²) < 4.78 is 26.7. The first-order chi connectivity index (χ1) is 10.5. The summed E-state index contributed by atoms with van der Waals surface area (Å²) in [6, 6.07) is 8.94. The number of sulfonamides is 1. The van der Waals surface area contributed by atoms with Gasteiger partial charge in [0.2, 0.25) is 10.0 Å². The van der Waals surface area contributed by atoms with Gasteiger partial charge in [0, 0.05) is 24.7 Å². The predicted octanol–water partition coefficient (Wildman–Crippen LogP) is 2.01. The van der Waals surface area contributed by atoms with Crippen molar-refractivity contribution in [1.82, 2.24) is 9.62 Å². The zero-order chi connectivity index (χ0) is 16.0. The highest BCUT2D eigenvalue weighted by Crippen LogP contribution is 2.15. The summed E-state index contributed by atoms with van der Waals surface area (Å²) in [5.74, 6) is 0.130. The van der Waals surface area contributed by atoms with Crippen molar-refractivity contribution in [2.45, 2.75) is 38.6 Å². The van der Waals surface area contributed by atoms with Crippen molar-refractivity contribution in [3.63, 3.8) is 0 Å². The van der Waals surface area contributed by atoms with Gasteiger partial charge in [-0.05, 0) is 31.4 Å². The Morgan fingerprint density at radius 3 is 2.73 bits per heavy atom. The van der Waals surface area contributed by atoms with Crippen LogP contribution >= 0.6 is 0 Å². The van der Waals surface area contributed by atoms with Gasteiger partial charge in [-0.1, -0.05) is 31.5 Å². The molecule has 2 rings (SSSR count). The maximum Gasteiger partial charge on any atom is 0.253 e. The number of unbranched alkanes of at least 4 members (excludes halogenated alkanes) is 1. The lowest BCUT2D eigenvalue weighted by Crippen LogP contribution is -2.50. The summed E-state index contributed by atoms with van der Waals surface area (Å²) in [7, 11) is -3.25. The zero-order valence-corrected chi connectivity index (χ0v) is 13.8. The van der Waals surface area contributed by atoms with E-state index in [1.165, 1.54) is 0 Å². The van der Waals surface area contributed by atoms with Crippen LogP contribution < -0.4 is 4.72 Å². The molecule has 5 nitrogen and oxygen atoms in total. The number of hydrogen-bond acceptors (Lipinski definition) is 3. The topological polar surface area (TPSA) is 66.5 Å². The van der Waals surface area contributed by atoms with E-state index in [-0.39, 0.29) is 17.7 Å². The van der Waals surface area contributed by atoms with E-state index < -0.39 is 10.0 Å². The van der Waals surface area contributed by atoms with Crippen molar-refractivity contribution in [3.8, 4) is 0 Å². The van der Waals surface area contributed by atoms with Crippen LogP contribution in [0.5, 0.6) is 0 Å². The molecule has 1 atom stereocenters. The summed E-state index contributed by atoms with van der Waals surface area (Å²) >= 11 is 0. The molecule has 1 aliphatic rings. The summed E-state index contributed by atoms with van der Waals surface area (Å²) in [5.41, 5.74) is 0.650. The third kappa shape index (κ3) is 4.81. The maximum absolute atomic E-state index is 12.4. The van der Waals surface area contributed by atoms with Crippen LogP contribution in [0.15, 0.2) is 30.3 Å². The minimum absolute atomic E-state index is 0.0296. The average molecular weight is 324 g/mol. The Labute approximate surface area is 132 Å². The molecule has 1 aromatic rings. The van der Waals surface area contributed by atoms with Crippen LogP contribution in [0.4, 0.5) is 0 Å². The van der Waals surface area contributed by atoms with Crippen LogP contribution in [0.2, 0.25) is 0 Å². The summed E-state index contributed by atoms with van der Waals surface area (Å²) in [6.45, 7) is 3.09. The molecule has 1 fully saturated rings. The Kier molecular flexibility index (Phi) is 5.97. The largest absolute Gasteiger partial charge is 0.337 e. The molecule has 0 unspecified atom stereocenters. The van der Waals surface area contributed by atoms with Crippen LogP contribution in [0.25, 0.3) is 0 Å². The Morgan fingerprint density at radius 2 is 2.05 bits per heavy atom. The zero-order valence-electron chi connectivity index (χ0n) is 13.0. The normalized spacial score (nSPS) is 19.1. The number of nitrogens with zero attached hydrogens (tertiary/aromatic N) is 1. The van der Waals surface area contributed by atoms with Crippen molar-refractivity contribution in [2.24, 2.45) is 0 Å². The Balaban J connectivity index is 1.96. The minimum atomic E-state index is -3.25. The monoisotopic (exact) mass is 324 g/mol. The van der Waals surface area contributed by atoms with Crippen LogP contribution in [-0.2, 0) is 10.0 Å². The highest BCUT2D eigenvalue weighted by molar-refractivity contribution is 7.89. The first-order valence-corrected chi connectivity index (χ1v) is 9.51. The van der Waals surface area contributed by atoms with E-state index in [1.54, 1.807) is 17.0 Å². The number of hydrogen-bond donors (Lipinski definition) is 1. The smallest absolute Gasteiger partial charge is 0.253 e. The van der Waals surface area contributed by atoms with Crippen molar-refractivity contribution >= 4 is 15.9 Å². The molecular weight excluding hydrogens is 300 g/mol. The van der Waals surface area contributed by atoms with Crippen LogP contribution in [-0.4, -0.2) is 44.1 Å². The molecule has 0 aromatic heterocycles. The molecule has 0 saturated carbocycles. The quantitative estimate of drug-likeness (QED) is 0.870. The summed E-state index contributed by atoms with van der Waals surface area (Å²) in [4.78, 5) is 14.2. The third-order valence-corrected chi connectivity index (χ3v) is 5.36. The molecule has 1 heterocycles. The molecule has 122 valence electrons. The van der Waals surface area contributed by atoms with E-state index in [9.17, 15) is 13.2 Å². The molecule has 6 heteroatoms. The number of nitrogens with one attached hydrogen (secondary N) is 1. The Morgan fingerprint density at radius 1 is 1.32 bits per heavy atom. The third-order valence-electron chi connectivity index (χ3n) is 3.84. The number of carbonyl (C=O) groups excluding carboxylic acids is 1. The number of benzene rings is 1. The van der Waals surface area contributed by atoms with E-state index in [1.807, 2.05) is 25.1 Å². The van der Waals surface area contributed by atoms with Crippen LogP contribution in [0.3, 0.4) is 0 Å². The molecule has 1 aliphatic heterocycles. The summed E-state index contributed by atoms with van der Waals surface area (Å²) in [6.07, 6.45) is 3.11. The molecule has 1 amide bonds. The number of piperidine rings is 1. The van der Waals surface area contributed by atoms with E-state index in [4.69, 9.17) is 0 Å². The lowest BCUT2D eigenvalue weighted by atomic mass is 10.1. The van der Waals surface area contributed by atoms with Crippen molar-refractivity contribution in [2.75, 3.05) is 18.8 Å². The predicted molar refractivity (Wildman–Crippen MR) is 87.2 cm³/mol. The lowest BCUT2D eigenvalue weighted by Gasteiger charge is -2.33. The molecule has 0 radical (unpaired) electrons. The van der Waals surface area contributed by atoms with E-state index >= 15 is 0 Å². The summed E-state index contributed by atoms with van der Waals surface area (Å²) in [5, 5.41) is 0. The number of amides is 1. The molecule has 1 aromatic carbocycles. The van der Waals surface area contributed by atoms with Crippen molar-refractivity contribution in [1.29, 1.82) is 0 Å².